The molecular weight excluding hydrogens is 258 g/mol. The number of aromatic amines is 1. The van der Waals surface area contributed by atoms with Crippen molar-refractivity contribution in [1.29, 1.82) is 0 Å². The van der Waals surface area contributed by atoms with E-state index in [0.29, 0.717) is 26.2 Å². The number of aromatic nitrogens is 2. The van der Waals surface area contributed by atoms with Crippen LogP contribution in [0.25, 0.3) is 0 Å². The number of hydrogen-bond acceptors (Lipinski definition) is 4. The molecular formula is C14H21N3O3. The second kappa shape index (κ2) is 8.29. The molecule has 0 fully saturated rings. The number of nitrogens with one attached hydrogen (secondary N) is 1. The van der Waals surface area contributed by atoms with E-state index in [1.807, 2.05) is 11.8 Å². The zero-order valence-electron chi connectivity index (χ0n) is 11.7. The molecule has 20 heavy (non-hydrogen) atoms. The molecule has 1 rings (SSSR count). The maximum Gasteiger partial charge on any atom is 0.330 e. The molecule has 0 aliphatic rings. The summed E-state index contributed by atoms with van der Waals surface area (Å²) in [5.74, 6) is 0. The maximum atomic E-state index is 11.8. The third-order valence-corrected chi connectivity index (χ3v) is 2.71. The number of rotatable bonds is 9. The van der Waals surface area contributed by atoms with Gasteiger partial charge in [-0.1, -0.05) is 12.2 Å². The molecule has 0 aromatic carbocycles. The van der Waals surface area contributed by atoms with E-state index in [0.717, 1.165) is 0 Å². The predicted octanol–water partition coefficient (Wildman–Crippen LogP) is 0.746. The minimum absolute atomic E-state index is 0.421. The Hall–Kier alpha value is -1.92. The summed E-state index contributed by atoms with van der Waals surface area (Å²) in [5.41, 5.74) is -0.899. The topological polar surface area (TPSA) is 67.3 Å². The Kier molecular flexibility index (Phi) is 6.69. The van der Waals surface area contributed by atoms with Crippen LogP contribution in [0.2, 0.25) is 0 Å². The molecule has 1 heterocycles. The van der Waals surface area contributed by atoms with Crippen molar-refractivity contribution < 1.29 is 4.74 Å². The Balaban J connectivity index is 2.97. The molecule has 1 aromatic heterocycles. The minimum atomic E-state index is -0.479. The van der Waals surface area contributed by atoms with Crippen LogP contribution in [-0.4, -0.2) is 40.7 Å². The summed E-state index contributed by atoms with van der Waals surface area (Å²) in [7, 11) is 0. The van der Waals surface area contributed by atoms with Crippen LogP contribution in [0.4, 0.5) is 0 Å². The van der Waals surface area contributed by atoms with Gasteiger partial charge in [-0.05, 0) is 6.92 Å². The summed E-state index contributed by atoms with van der Waals surface area (Å²) in [6.45, 7) is 11.5. The zero-order chi connectivity index (χ0) is 15.0. The van der Waals surface area contributed by atoms with Crippen LogP contribution < -0.4 is 11.2 Å². The zero-order valence-corrected chi connectivity index (χ0v) is 11.7. The number of ether oxygens (including phenoxy) is 1. The van der Waals surface area contributed by atoms with Crippen LogP contribution in [0.3, 0.4) is 0 Å². The molecule has 0 saturated carbocycles. The normalized spacial score (nSPS) is 12.3. The summed E-state index contributed by atoms with van der Waals surface area (Å²) < 4.78 is 6.98. The van der Waals surface area contributed by atoms with Gasteiger partial charge in [0.25, 0.3) is 5.56 Å². The Bertz CT molecular complexity index is 537. The van der Waals surface area contributed by atoms with Gasteiger partial charge in [-0.15, -0.1) is 13.2 Å². The first-order chi connectivity index (χ1) is 9.62. The molecule has 0 radical (unpaired) electrons. The van der Waals surface area contributed by atoms with Crippen molar-refractivity contribution in [3.05, 3.63) is 58.4 Å². The molecule has 6 heteroatoms. The van der Waals surface area contributed by atoms with E-state index in [-0.39, 0.29) is 0 Å². The van der Waals surface area contributed by atoms with Crippen molar-refractivity contribution in [3.8, 4) is 0 Å². The van der Waals surface area contributed by atoms with Gasteiger partial charge in [-0.3, -0.25) is 19.2 Å². The maximum absolute atomic E-state index is 11.8. The summed E-state index contributed by atoms with van der Waals surface area (Å²) in [6, 6.07) is 1.30. The highest BCUT2D eigenvalue weighted by molar-refractivity contribution is 4.86. The van der Waals surface area contributed by atoms with Gasteiger partial charge in [-0.25, -0.2) is 4.79 Å². The molecule has 0 amide bonds. The van der Waals surface area contributed by atoms with Gasteiger partial charge in [0, 0.05) is 38.5 Å². The van der Waals surface area contributed by atoms with Gasteiger partial charge >= 0.3 is 5.69 Å². The summed E-state index contributed by atoms with van der Waals surface area (Å²) in [4.78, 5) is 27.2. The van der Waals surface area contributed by atoms with Gasteiger partial charge < -0.3 is 4.74 Å². The van der Waals surface area contributed by atoms with Crippen molar-refractivity contribution in [2.24, 2.45) is 0 Å². The van der Waals surface area contributed by atoms with E-state index in [4.69, 9.17) is 4.74 Å². The van der Waals surface area contributed by atoms with Gasteiger partial charge in [0.1, 0.15) is 0 Å². The molecule has 0 aliphatic heterocycles. The van der Waals surface area contributed by atoms with E-state index < -0.39 is 17.5 Å². The van der Waals surface area contributed by atoms with Gasteiger partial charge in [0.2, 0.25) is 0 Å². The SMILES string of the molecule is C=CCN(CC=C)CC(OCC)n1ccc(=O)[nH]c1=O. The lowest BCUT2D eigenvalue weighted by Gasteiger charge is -2.26. The molecule has 0 saturated heterocycles. The van der Waals surface area contributed by atoms with E-state index in [1.54, 1.807) is 12.2 Å². The Morgan fingerprint density at radius 3 is 2.55 bits per heavy atom. The highest BCUT2D eigenvalue weighted by atomic mass is 16.5. The van der Waals surface area contributed by atoms with Crippen molar-refractivity contribution >= 4 is 0 Å². The van der Waals surface area contributed by atoms with Gasteiger partial charge in [0.15, 0.2) is 6.23 Å². The lowest BCUT2D eigenvalue weighted by atomic mass is 10.4. The Labute approximate surface area is 118 Å². The summed E-state index contributed by atoms with van der Waals surface area (Å²) in [5, 5.41) is 0. The fraction of sp³-hybridized carbons (Fsp3) is 0.429. The molecule has 0 spiro atoms. The first-order valence-electron chi connectivity index (χ1n) is 6.49. The molecule has 1 N–H and O–H groups in total. The first kappa shape index (κ1) is 16.1. The number of hydrogen-bond donors (Lipinski definition) is 1. The van der Waals surface area contributed by atoms with Crippen LogP contribution in [0.15, 0.2) is 47.2 Å². The minimum Gasteiger partial charge on any atom is -0.357 e. The van der Waals surface area contributed by atoms with E-state index in [9.17, 15) is 9.59 Å². The largest absolute Gasteiger partial charge is 0.357 e. The summed E-state index contributed by atoms with van der Waals surface area (Å²) >= 11 is 0. The smallest absolute Gasteiger partial charge is 0.330 e. The van der Waals surface area contributed by atoms with Crippen molar-refractivity contribution in [2.75, 3.05) is 26.2 Å². The van der Waals surface area contributed by atoms with E-state index >= 15 is 0 Å². The van der Waals surface area contributed by atoms with Crippen molar-refractivity contribution in [2.45, 2.75) is 13.2 Å². The number of H-pyrrole nitrogens is 1. The van der Waals surface area contributed by atoms with Crippen molar-refractivity contribution in [3.63, 3.8) is 0 Å². The van der Waals surface area contributed by atoms with Crippen molar-refractivity contribution in [1.82, 2.24) is 14.5 Å². The molecule has 0 aliphatic carbocycles. The fourth-order valence-corrected chi connectivity index (χ4v) is 1.88. The van der Waals surface area contributed by atoms with E-state index in [1.165, 1.54) is 16.8 Å². The third-order valence-electron chi connectivity index (χ3n) is 2.71. The Morgan fingerprint density at radius 2 is 2.05 bits per heavy atom. The molecule has 1 unspecified atom stereocenters. The quantitative estimate of drug-likeness (QED) is 0.677. The average molecular weight is 279 g/mol. The summed E-state index contributed by atoms with van der Waals surface area (Å²) in [6.07, 6.45) is 4.54. The molecule has 110 valence electrons. The van der Waals surface area contributed by atoms with Crippen LogP contribution >= 0.6 is 0 Å². The second-order valence-electron chi connectivity index (χ2n) is 4.22. The van der Waals surface area contributed by atoms with Gasteiger partial charge in [-0.2, -0.15) is 0 Å². The van der Waals surface area contributed by atoms with Crippen LogP contribution in [0.5, 0.6) is 0 Å². The Morgan fingerprint density at radius 1 is 1.40 bits per heavy atom. The molecule has 1 atom stereocenters. The number of nitrogens with zero attached hydrogens (tertiary/aromatic N) is 2. The van der Waals surface area contributed by atoms with Crippen LogP contribution in [-0.2, 0) is 4.74 Å². The molecule has 6 nitrogen and oxygen atoms in total. The standard InChI is InChI=1S/C14H21N3O3/c1-4-8-16(9-5-2)11-13(20-6-3)17-10-7-12(18)15-14(17)19/h4-5,7,10,13H,1-2,6,8-9,11H2,3H3,(H,15,18,19). The highest BCUT2D eigenvalue weighted by Gasteiger charge is 2.16. The second-order valence-corrected chi connectivity index (χ2v) is 4.22. The van der Waals surface area contributed by atoms with Crippen LogP contribution in [0, 0.1) is 0 Å². The lowest BCUT2D eigenvalue weighted by Crippen LogP contribution is -2.39. The van der Waals surface area contributed by atoms with Gasteiger partial charge in [0.05, 0.1) is 0 Å². The van der Waals surface area contributed by atoms with Crippen LogP contribution in [0.1, 0.15) is 13.2 Å². The first-order valence-corrected chi connectivity index (χ1v) is 6.49. The third kappa shape index (κ3) is 4.64. The lowest BCUT2D eigenvalue weighted by molar-refractivity contribution is -0.0142. The predicted molar refractivity (Wildman–Crippen MR) is 78.8 cm³/mol. The molecule has 0 bridgehead atoms. The molecule has 1 aromatic rings. The van der Waals surface area contributed by atoms with E-state index in [2.05, 4.69) is 18.1 Å². The highest BCUT2D eigenvalue weighted by Crippen LogP contribution is 2.08. The fourth-order valence-electron chi connectivity index (χ4n) is 1.88. The monoisotopic (exact) mass is 279 g/mol. The average Bonchev–Trinajstić information content (AvgIpc) is 2.39.